The van der Waals surface area contributed by atoms with Crippen LogP contribution in [0.4, 0.5) is 5.69 Å². The Balaban J connectivity index is 1.71. The fourth-order valence-electron chi connectivity index (χ4n) is 3.25. The Bertz CT molecular complexity index is 1310. The number of carboxylic acid groups (broad SMARTS) is 1. The summed E-state index contributed by atoms with van der Waals surface area (Å²) in [5.74, 6) is -0.967. The second-order valence-corrected chi connectivity index (χ2v) is 9.14. The topological polar surface area (TPSA) is 99.4 Å². The van der Waals surface area contributed by atoms with Gasteiger partial charge in [0.2, 0.25) is 0 Å². The summed E-state index contributed by atoms with van der Waals surface area (Å²) in [5.41, 5.74) is 2.32. The molecular weight excluding hydrogens is 520 g/mol. The predicted molar refractivity (Wildman–Crippen MR) is 135 cm³/mol. The number of benzene rings is 3. The van der Waals surface area contributed by atoms with Gasteiger partial charge < -0.3 is 14.9 Å². The first-order chi connectivity index (χ1) is 16.4. The third-order valence-electron chi connectivity index (χ3n) is 5.00. The van der Waals surface area contributed by atoms with Crippen molar-refractivity contribution in [2.45, 2.75) is 6.54 Å². The molecule has 4 rings (SSSR count). The zero-order valence-electron chi connectivity index (χ0n) is 17.9. The maximum absolute atomic E-state index is 13.4. The van der Waals surface area contributed by atoms with E-state index in [-0.39, 0.29) is 23.8 Å². The number of phenolic OH excluding ortho intramolecular Hbond substituents is 1. The lowest BCUT2D eigenvalue weighted by Crippen LogP contribution is -2.28. The normalized spacial score (nSPS) is 15.8. The number of carbonyl (C=O) groups excluding carboxylic acids is 1. The SMILES string of the molecule is COc1cc(/C=C2\SC(=Nc3ccccc3)N(Cc3ccc(C(=O)O)cc3)C2=O)c(Br)cc1O. The van der Waals surface area contributed by atoms with Gasteiger partial charge in [0.15, 0.2) is 16.7 Å². The Morgan fingerprint density at radius 1 is 1.15 bits per heavy atom. The molecule has 3 aromatic carbocycles. The van der Waals surface area contributed by atoms with Gasteiger partial charge in [-0.3, -0.25) is 9.69 Å². The number of rotatable bonds is 6. The maximum Gasteiger partial charge on any atom is 0.335 e. The molecule has 172 valence electrons. The van der Waals surface area contributed by atoms with E-state index in [1.165, 1.54) is 37.1 Å². The Morgan fingerprint density at radius 2 is 1.85 bits per heavy atom. The summed E-state index contributed by atoms with van der Waals surface area (Å²) in [6.07, 6.45) is 1.72. The summed E-state index contributed by atoms with van der Waals surface area (Å²) in [7, 11) is 1.46. The van der Waals surface area contributed by atoms with Gasteiger partial charge in [0, 0.05) is 4.47 Å². The predicted octanol–water partition coefficient (Wildman–Crippen LogP) is 5.67. The summed E-state index contributed by atoms with van der Waals surface area (Å²) < 4.78 is 5.80. The van der Waals surface area contributed by atoms with Crippen molar-refractivity contribution in [2.75, 3.05) is 7.11 Å². The first kappa shape index (κ1) is 23.6. The summed E-state index contributed by atoms with van der Waals surface area (Å²) in [6.45, 7) is 0.231. The number of para-hydroxylation sites is 1. The van der Waals surface area contributed by atoms with Crippen LogP contribution in [-0.2, 0) is 11.3 Å². The van der Waals surface area contributed by atoms with Crippen LogP contribution in [-0.4, -0.2) is 39.3 Å². The maximum atomic E-state index is 13.4. The molecule has 0 spiro atoms. The number of carbonyl (C=O) groups is 2. The third kappa shape index (κ3) is 5.16. The van der Waals surface area contributed by atoms with Crippen molar-refractivity contribution >= 4 is 56.5 Å². The number of amidine groups is 1. The summed E-state index contributed by atoms with van der Waals surface area (Å²) in [5, 5.41) is 19.6. The molecule has 0 bridgehead atoms. The van der Waals surface area contributed by atoms with Gasteiger partial charge in [0.25, 0.3) is 5.91 Å². The Labute approximate surface area is 208 Å². The van der Waals surface area contributed by atoms with E-state index in [9.17, 15) is 14.7 Å². The lowest BCUT2D eigenvalue weighted by Gasteiger charge is -2.16. The van der Waals surface area contributed by atoms with Gasteiger partial charge in [-0.15, -0.1) is 0 Å². The van der Waals surface area contributed by atoms with Crippen molar-refractivity contribution in [2.24, 2.45) is 4.99 Å². The molecule has 0 aliphatic carbocycles. The quantitative estimate of drug-likeness (QED) is 0.392. The molecular formula is C25H19BrN2O5S. The van der Waals surface area contributed by atoms with Crippen LogP contribution in [0.1, 0.15) is 21.5 Å². The molecule has 0 saturated carbocycles. The zero-order chi connectivity index (χ0) is 24.2. The van der Waals surface area contributed by atoms with E-state index in [4.69, 9.17) is 9.84 Å². The summed E-state index contributed by atoms with van der Waals surface area (Å²) in [6, 6.07) is 18.9. The van der Waals surface area contributed by atoms with Crippen LogP contribution in [0.3, 0.4) is 0 Å². The molecule has 7 nitrogen and oxygen atoms in total. The summed E-state index contributed by atoms with van der Waals surface area (Å²) >= 11 is 4.66. The number of halogens is 1. The minimum Gasteiger partial charge on any atom is -0.504 e. The monoisotopic (exact) mass is 538 g/mol. The Kier molecular flexibility index (Phi) is 7.04. The van der Waals surface area contributed by atoms with Crippen molar-refractivity contribution < 1.29 is 24.5 Å². The molecule has 1 amide bonds. The number of hydrogen-bond acceptors (Lipinski definition) is 6. The molecule has 1 aliphatic heterocycles. The van der Waals surface area contributed by atoms with Crippen LogP contribution in [0.15, 0.2) is 81.1 Å². The Morgan fingerprint density at radius 3 is 2.50 bits per heavy atom. The second-order valence-electron chi connectivity index (χ2n) is 7.28. The van der Waals surface area contributed by atoms with Crippen molar-refractivity contribution in [3.63, 3.8) is 0 Å². The molecule has 34 heavy (non-hydrogen) atoms. The average Bonchev–Trinajstić information content (AvgIpc) is 3.10. The highest BCUT2D eigenvalue weighted by molar-refractivity contribution is 9.10. The Hall–Kier alpha value is -3.56. The number of ether oxygens (including phenoxy) is 1. The van der Waals surface area contributed by atoms with Crippen molar-refractivity contribution in [3.8, 4) is 11.5 Å². The molecule has 0 atom stereocenters. The minimum atomic E-state index is -1.01. The van der Waals surface area contributed by atoms with Crippen molar-refractivity contribution in [3.05, 3.63) is 92.8 Å². The van der Waals surface area contributed by atoms with E-state index < -0.39 is 5.97 Å². The van der Waals surface area contributed by atoms with E-state index in [2.05, 4.69) is 20.9 Å². The van der Waals surface area contributed by atoms with Crippen LogP contribution >= 0.6 is 27.7 Å². The van der Waals surface area contributed by atoms with E-state index in [1.807, 2.05) is 30.3 Å². The van der Waals surface area contributed by atoms with E-state index >= 15 is 0 Å². The molecule has 0 radical (unpaired) electrons. The lowest BCUT2D eigenvalue weighted by atomic mass is 10.1. The highest BCUT2D eigenvalue weighted by Crippen LogP contribution is 2.38. The third-order valence-corrected chi connectivity index (χ3v) is 6.69. The first-order valence-electron chi connectivity index (χ1n) is 10.1. The van der Waals surface area contributed by atoms with Gasteiger partial charge in [-0.05, 0) is 65.4 Å². The number of aromatic carboxylic acids is 1. The van der Waals surface area contributed by atoms with Gasteiger partial charge in [0.1, 0.15) is 0 Å². The number of methoxy groups -OCH3 is 1. The van der Waals surface area contributed by atoms with E-state index in [1.54, 1.807) is 29.2 Å². The fourth-order valence-corrected chi connectivity index (χ4v) is 4.69. The van der Waals surface area contributed by atoms with Gasteiger partial charge in [-0.2, -0.15) is 0 Å². The molecule has 0 unspecified atom stereocenters. The number of nitrogens with zero attached hydrogens (tertiary/aromatic N) is 2. The summed E-state index contributed by atoms with van der Waals surface area (Å²) in [4.78, 5) is 31.2. The number of carboxylic acids is 1. The fraction of sp³-hybridized carbons (Fsp3) is 0.0800. The molecule has 1 heterocycles. The molecule has 1 saturated heterocycles. The molecule has 1 fully saturated rings. The average molecular weight is 539 g/mol. The number of amides is 1. The zero-order valence-corrected chi connectivity index (χ0v) is 20.3. The van der Waals surface area contributed by atoms with Crippen LogP contribution in [0.25, 0.3) is 6.08 Å². The van der Waals surface area contributed by atoms with Crippen molar-refractivity contribution in [1.82, 2.24) is 4.90 Å². The molecule has 9 heteroatoms. The van der Waals surface area contributed by atoms with Gasteiger partial charge in [-0.25, -0.2) is 9.79 Å². The van der Waals surface area contributed by atoms with Gasteiger partial charge in [0.05, 0.1) is 29.8 Å². The van der Waals surface area contributed by atoms with Gasteiger partial charge >= 0.3 is 5.97 Å². The number of phenols is 1. The van der Waals surface area contributed by atoms with E-state index in [0.29, 0.717) is 31.5 Å². The molecule has 3 aromatic rings. The highest BCUT2D eigenvalue weighted by atomic mass is 79.9. The minimum absolute atomic E-state index is 0.0142. The largest absolute Gasteiger partial charge is 0.504 e. The first-order valence-corrected chi connectivity index (χ1v) is 11.7. The number of thioether (sulfide) groups is 1. The molecule has 1 aliphatic rings. The second kappa shape index (κ2) is 10.1. The highest BCUT2D eigenvalue weighted by Gasteiger charge is 2.33. The van der Waals surface area contributed by atoms with Crippen LogP contribution < -0.4 is 4.74 Å². The molecule has 0 aromatic heterocycles. The van der Waals surface area contributed by atoms with Crippen LogP contribution in [0, 0.1) is 0 Å². The molecule has 2 N–H and O–H groups in total. The standard InChI is InChI=1S/C25H19BrN2O5S/c1-33-21-11-17(19(26)13-20(21)29)12-22-23(30)28(14-15-7-9-16(10-8-15)24(31)32)25(34-22)27-18-5-3-2-4-6-18/h2-13,29H,14H2,1H3,(H,31,32)/b22-12-,27-25?. The smallest absolute Gasteiger partial charge is 0.335 e. The van der Waals surface area contributed by atoms with Crippen molar-refractivity contribution in [1.29, 1.82) is 0 Å². The number of hydrogen-bond donors (Lipinski definition) is 2. The van der Waals surface area contributed by atoms with Crippen LogP contribution in [0.5, 0.6) is 11.5 Å². The van der Waals surface area contributed by atoms with E-state index in [0.717, 1.165) is 5.56 Å². The number of aliphatic imine (C=N–C) groups is 1. The van der Waals surface area contributed by atoms with Crippen LogP contribution in [0.2, 0.25) is 0 Å². The number of aromatic hydroxyl groups is 1. The lowest BCUT2D eigenvalue weighted by molar-refractivity contribution is -0.122. The van der Waals surface area contributed by atoms with Gasteiger partial charge in [-0.1, -0.05) is 46.3 Å².